The van der Waals surface area contributed by atoms with Crippen LogP contribution in [-0.2, 0) is 6.54 Å². The van der Waals surface area contributed by atoms with Gasteiger partial charge in [-0.1, -0.05) is 18.2 Å². The highest BCUT2D eigenvalue weighted by atomic mass is 16.2. The highest BCUT2D eigenvalue weighted by molar-refractivity contribution is 6.03. The molecule has 102 valence electrons. The molecule has 1 amide bonds. The summed E-state index contributed by atoms with van der Waals surface area (Å²) >= 11 is 0. The second kappa shape index (κ2) is 6.08. The lowest BCUT2D eigenvalue weighted by Gasteiger charge is -2.06. The zero-order chi connectivity index (χ0) is 14.5. The number of ketones is 1. The van der Waals surface area contributed by atoms with E-state index < -0.39 is 0 Å². The molecule has 0 atom stereocenters. The minimum Gasteiger partial charge on any atom is -0.326 e. The van der Waals surface area contributed by atoms with Gasteiger partial charge in [-0.2, -0.15) is 0 Å². The van der Waals surface area contributed by atoms with Crippen molar-refractivity contribution >= 4 is 17.4 Å². The Labute approximate surface area is 116 Å². The molecule has 20 heavy (non-hydrogen) atoms. The number of anilines is 1. The molecule has 0 bridgehead atoms. The number of rotatable bonds is 4. The van der Waals surface area contributed by atoms with Gasteiger partial charge < -0.3 is 11.1 Å². The number of carbonyl (C=O) groups is 2. The van der Waals surface area contributed by atoms with E-state index in [1.54, 1.807) is 42.6 Å². The molecule has 0 fully saturated rings. The average molecular weight is 269 g/mol. The van der Waals surface area contributed by atoms with Gasteiger partial charge in [-0.3, -0.25) is 14.6 Å². The number of hydrogen-bond donors (Lipinski definition) is 2. The fourth-order valence-corrected chi connectivity index (χ4v) is 1.69. The third-order valence-electron chi connectivity index (χ3n) is 2.82. The molecule has 5 heteroatoms. The maximum Gasteiger partial charge on any atom is 0.274 e. The van der Waals surface area contributed by atoms with Crippen molar-refractivity contribution in [3.63, 3.8) is 0 Å². The second-order valence-corrected chi connectivity index (χ2v) is 4.35. The van der Waals surface area contributed by atoms with Crippen molar-refractivity contribution in [2.45, 2.75) is 13.5 Å². The Morgan fingerprint density at radius 2 is 2.05 bits per heavy atom. The fraction of sp³-hybridized carbons (Fsp3) is 0.133. The van der Waals surface area contributed by atoms with E-state index in [0.29, 0.717) is 23.5 Å². The maximum atomic E-state index is 12.0. The molecule has 5 nitrogen and oxygen atoms in total. The zero-order valence-electron chi connectivity index (χ0n) is 11.1. The van der Waals surface area contributed by atoms with Gasteiger partial charge in [0.05, 0.1) is 0 Å². The van der Waals surface area contributed by atoms with Gasteiger partial charge in [0.15, 0.2) is 5.78 Å². The van der Waals surface area contributed by atoms with Gasteiger partial charge >= 0.3 is 0 Å². The number of benzene rings is 1. The molecule has 1 aromatic carbocycles. The molecular weight excluding hydrogens is 254 g/mol. The van der Waals surface area contributed by atoms with Crippen molar-refractivity contribution in [1.29, 1.82) is 0 Å². The summed E-state index contributed by atoms with van der Waals surface area (Å²) in [5, 5.41) is 2.71. The molecule has 0 aliphatic rings. The average Bonchev–Trinajstić information content (AvgIpc) is 2.47. The van der Waals surface area contributed by atoms with Crippen molar-refractivity contribution < 1.29 is 9.59 Å². The van der Waals surface area contributed by atoms with E-state index in [4.69, 9.17) is 5.73 Å². The number of Topliss-reactive ketones (excluding diaryl/α,β-unsaturated/α-hetero) is 1. The lowest BCUT2D eigenvalue weighted by atomic mass is 10.1. The zero-order valence-corrected chi connectivity index (χ0v) is 11.1. The molecule has 0 aliphatic carbocycles. The Balaban J connectivity index is 2.14. The number of nitrogens with zero attached hydrogens (tertiary/aromatic N) is 1. The smallest absolute Gasteiger partial charge is 0.274 e. The van der Waals surface area contributed by atoms with Crippen molar-refractivity contribution in [3.8, 4) is 0 Å². The number of amides is 1. The molecule has 0 aliphatic heterocycles. The minimum absolute atomic E-state index is 0.0495. The van der Waals surface area contributed by atoms with Crippen LogP contribution in [0.25, 0.3) is 0 Å². The Hall–Kier alpha value is -2.53. The molecule has 0 spiro atoms. The van der Waals surface area contributed by atoms with Crippen molar-refractivity contribution in [2.24, 2.45) is 5.73 Å². The Morgan fingerprint density at radius 1 is 1.25 bits per heavy atom. The highest BCUT2D eigenvalue weighted by Gasteiger charge is 2.08. The van der Waals surface area contributed by atoms with Gasteiger partial charge in [-0.25, -0.2) is 0 Å². The summed E-state index contributed by atoms with van der Waals surface area (Å²) in [5.74, 6) is -0.374. The summed E-state index contributed by atoms with van der Waals surface area (Å²) in [5.41, 5.74) is 7.75. The van der Waals surface area contributed by atoms with Crippen molar-refractivity contribution in [2.75, 3.05) is 5.32 Å². The van der Waals surface area contributed by atoms with Crippen LogP contribution in [-0.4, -0.2) is 16.7 Å². The Kier molecular flexibility index (Phi) is 4.22. The number of nitrogens with one attached hydrogen (secondary N) is 1. The van der Waals surface area contributed by atoms with Crippen LogP contribution >= 0.6 is 0 Å². The van der Waals surface area contributed by atoms with Crippen molar-refractivity contribution in [3.05, 3.63) is 59.4 Å². The van der Waals surface area contributed by atoms with E-state index in [9.17, 15) is 9.59 Å². The van der Waals surface area contributed by atoms with Gasteiger partial charge in [-0.05, 0) is 30.7 Å². The summed E-state index contributed by atoms with van der Waals surface area (Å²) in [6, 6.07) is 10.1. The number of nitrogens with two attached hydrogens (primary N) is 1. The molecule has 2 rings (SSSR count). The molecule has 2 aromatic rings. The molecule has 3 N–H and O–H groups in total. The number of carbonyl (C=O) groups excluding carboxylic acids is 2. The van der Waals surface area contributed by atoms with E-state index >= 15 is 0 Å². The topological polar surface area (TPSA) is 85.1 Å². The summed E-state index contributed by atoms with van der Waals surface area (Å²) in [4.78, 5) is 27.3. The first-order chi connectivity index (χ1) is 9.60. The van der Waals surface area contributed by atoms with Crippen LogP contribution in [0.3, 0.4) is 0 Å². The first-order valence-corrected chi connectivity index (χ1v) is 6.17. The fourth-order valence-electron chi connectivity index (χ4n) is 1.69. The highest BCUT2D eigenvalue weighted by Crippen LogP contribution is 2.12. The van der Waals surface area contributed by atoms with Gasteiger partial charge in [-0.15, -0.1) is 0 Å². The summed E-state index contributed by atoms with van der Waals surface area (Å²) in [6.45, 7) is 1.86. The summed E-state index contributed by atoms with van der Waals surface area (Å²) in [7, 11) is 0. The van der Waals surface area contributed by atoms with Gasteiger partial charge in [0, 0.05) is 24.0 Å². The van der Waals surface area contributed by atoms with Crippen LogP contribution < -0.4 is 11.1 Å². The summed E-state index contributed by atoms with van der Waals surface area (Å²) in [6.07, 6.45) is 1.57. The van der Waals surface area contributed by atoms with E-state index in [0.717, 1.165) is 5.56 Å². The van der Waals surface area contributed by atoms with Crippen LogP contribution in [0.1, 0.15) is 33.3 Å². The van der Waals surface area contributed by atoms with Crippen molar-refractivity contribution in [1.82, 2.24) is 4.98 Å². The van der Waals surface area contributed by atoms with Gasteiger partial charge in [0.2, 0.25) is 0 Å². The van der Waals surface area contributed by atoms with Gasteiger partial charge in [0.1, 0.15) is 5.69 Å². The summed E-state index contributed by atoms with van der Waals surface area (Å²) < 4.78 is 0. The SMILES string of the molecule is CC(=O)c1cccc(NC(=O)c2ccc(CN)cn2)c1. The maximum absolute atomic E-state index is 12.0. The predicted octanol–water partition coefficient (Wildman–Crippen LogP) is 2.00. The molecule has 1 aromatic heterocycles. The number of hydrogen-bond acceptors (Lipinski definition) is 4. The number of aromatic nitrogens is 1. The molecule has 0 radical (unpaired) electrons. The standard InChI is InChI=1S/C15H15N3O2/c1-10(19)12-3-2-4-13(7-12)18-15(20)14-6-5-11(8-16)9-17-14/h2-7,9H,8,16H2,1H3,(H,18,20). The predicted molar refractivity (Wildman–Crippen MR) is 76.5 cm³/mol. The van der Waals surface area contributed by atoms with E-state index in [1.807, 2.05) is 0 Å². The molecule has 1 heterocycles. The normalized spacial score (nSPS) is 10.1. The minimum atomic E-state index is -0.325. The van der Waals surface area contributed by atoms with Crippen LogP contribution in [0.4, 0.5) is 5.69 Å². The largest absolute Gasteiger partial charge is 0.326 e. The molecule has 0 saturated carbocycles. The third kappa shape index (κ3) is 3.27. The lowest BCUT2D eigenvalue weighted by Crippen LogP contribution is -2.14. The number of pyridine rings is 1. The van der Waals surface area contributed by atoms with Crippen LogP contribution in [0.15, 0.2) is 42.6 Å². The monoisotopic (exact) mass is 269 g/mol. The molecule has 0 saturated heterocycles. The van der Waals surface area contributed by atoms with E-state index in [2.05, 4.69) is 10.3 Å². The quantitative estimate of drug-likeness (QED) is 0.831. The van der Waals surface area contributed by atoms with Crippen LogP contribution in [0.5, 0.6) is 0 Å². The molecular formula is C15H15N3O2. The lowest BCUT2D eigenvalue weighted by molar-refractivity contribution is 0.100. The van der Waals surface area contributed by atoms with Crippen LogP contribution in [0.2, 0.25) is 0 Å². The van der Waals surface area contributed by atoms with Gasteiger partial charge in [0.25, 0.3) is 5.91 Å². The first-order valence-electron chi connectivity index (χ1n) is 6.17. The third-order valence-corrected chi connectivity index (χ3v) is 2.82. The Morgan fingerprint density at radius 3 is 2.65 bits per heavy atom. The molecule has 0 unspecified atom stereocenters. The van der Waals surface area contributed by atoms with Crippen LogP contribution in [0, 0.1) is 0 Å². The Bertz CT molecular complexity index is 636. The second-order valence-electron chi connectivity index (χ2n) is 4.35. The first kappa shape index (κ1) is 13.9. The van der Waals surface area contributed by atoms with E-state index in [-0.39, 0.29) is 11.7 Å². The van der Waals surface area contributed by atoms with E-state index in [1.165, 1.54) is 6.92 Å².